The number of hydrogen-bond acceptors (Lipinski definition) is 7. The van der Waals surface area contributed by atoms with E-state index in [9.17, 15) is 9.59 Å². The van der Waals surface area contributed by atoms with Crippen molar-refractivity contribution in [1.29, 1.82) is 0 Å². The van der Waals surface area contributed by atoms with E-state index in [2.05, 4.69) is 5.32 Å². The van der Waals surface area contributed by atoms with Gasteiger partial charge in [0, 0.05) is 26.3 Å². The Hall–Kier alpha value is -2.00. The van der Waals surface area contributed by atoms with E-state index in [0.29, 0.717) is 43.0 Å². The number of imide groups is 1. The zero-order chi connectivity index (χ0) is 16.4. The quantitative estimate of drug-likeness (QED) is 0.806. The Bertz CT molecular complexity index is 621. The van der Waals surface area contributed by atoms with E-state index in [1.54, 1.807) is 32.4 Å². The third-order valence-corrected chi connectivity index (χ3v) is 3.82. The second-order valence-electron chi connectivity index (χ2n) is 5.19. The van der Waals surface area contributed by atoms with Gasteiger partial charge in [0.25, 0.3) is 11.8 Å². The summed E-state index contributed by atoms with van der Waals surface area (Å²) >= 11 is 0. The normalized spacial score (nSPS) is 21.7. The van der Waals surface area contributed by atoms with Gasteiger partial charge in [-0.3, -0.25) is 14.4 Å². The van der Waals surface area contributed by atoms with E-state index < -0.39 is 6.23 Å². The van der Waals surface area contributed by atoms with Gasteiger partial charge in [-0.05, 0) is 12.1 Å². The highest BCUT2D eigenvalue weighted by molar-refractivity contribution is 6.23. The van der Waals surface area contributed by atoms with Crippen LogP contribution in [0.2, 0.25) is 0 Å². The van der Waals surface area contributed by atoms with Crippen LogP contribution in [0.5, 0.6) is 0 Å². The van der Waals surface area contributed by atoms with E-state index in [1.807, 2.05) is 0 Å². The average Bonchev–Trinajstić information content (AvgIpc) is 2.84. The predicted octanol–water partition coefficient (Wildman–Crippen LogP) is 0.866. The molecule has 3 rings (SSSR count). The number of hydroxylamine groups is 2. The summed E-state index contributed by atoms with van der Waals surface area (Å²) in [6.07, 6.45) is -0.262. The van der Waals surface area contributed by atoms with Crippen LogP contribution in [0.4, 0.5) is 5.69 Å². The fraction of sp³-hybridized carbons (Fsp3) is 0.467. The molecule has 0 aromatic heterocycles. The summed E-state index contributed by atoms with van der Waals surface area (Å²) < 4.78 is 4.97. The molecular formula is C15H19N3O5. The molecule has 2 aliphatic heterocycles. The smallest absolute Gasteiger partial charge is 0.265 e. The van der Waals surface area contributed by atoms with Crippen LogP contribution in [0.1, 0.15) is 27.1 Å². The molecule has 8 heteroatoms. The predicted molar refractivity (Wildman–Crippen MR) is 80.5 cm³/mol. The molecule has 2 amide bonds. The number of nitrogens with one attached hydrogen (secondary N) is 1. The van der Waals surface area contributed by atoms with E-state index in [0.717, 1.165) is 4.90 Å². The highest BCUT2D eigenvalue weighted by Gasteiger charge is 2.43. The third kappa shape index (κ3) is 2.81. The molecule has 1 unspecified atom stereocenters. The van der Waals surface area contributed by atoms with Gasteiger partial charge >= 0.3 is 0 Å². The highest BCUT2D eigenvalue weighted by atomic mass is 17.0. The van der Waals surface area contributed by atoms with Gasteiger partial charge in [-0.2, -0.15) is 0 Å². The zero-order valence-corrected chi connectivity index (χ0v) is 13.1. The fourth-order valence-electron chi connectivity index (χ4n) is 2.71. The summed E-state index contributed by atoms with van der Waals surface area (Å²) in [6, 6.07) is 5.16. The number of methoxy groups -OCH3 is 1. The second kappa shape index (κ2) is 6.63. The molecule has 1 aromatic rings. The van der Waals surface area contributed by atoms with Crippen LogP contribution < -0.4 is 5.32 Å². The third-order valence-electron chi connectivity index (χ3n) is 3.82. The standard InChI is InChI=1S/C15H19N3O5/c1-16-11-5-3-4-10-13(11)15(20)18(14(10)19)12-6-8-22-17(23-12)7-9-21-2/h3-5,12,16H,6-9H2,1-2H3. The summed E-state index contributed by atoms with van der Waals surface area (Å²) in [5.41, 5.74) is 1.41. The zero-order valence-electron chi connectivity index (χ0n) is 13.1. The molecule has 0 radical (unpaired) electrons. The van der Waals surface area contributed by atoms with Crippen molar-refractivity contribution in [2.24, 2.45) is 0 Å². The summed E-state index contributed by atoms with van der Waals surface area (Å²) in [7, 11) is 3.29. The first kappa shape index (κ1) is 15.9. The minimum absolute atomic E-state index is 0.347. The maximum absolute atomic E-state index is 12.7. The van der Waals surface area contributed by atoms with Crippen LogP contribution >= 0.6 is 0 Å². The Morgan fingerprint density at radius 1 is 1.35 bits per heavy atom. The lowest BCUT2D eigenvalue weighted by Gasteiger charge is -2.34. The molecule has 0 aliphatic carbocycles. The van der Waals surface area contributed by atoms with Crippen LogP contribution in [0, 0.1) is 0 Å². The van der Waals surface area contributed by atoms with Crippen LogP contribution in [0.25, 0.3) is 0 Å². The Labute approximate surface area is 133 Å². The second-order valence-corrected chi connectivity index (χ2v) is 5.19. The largest absolute Gasteiger partial charge is 0.387 e. The van der Waals surface area contributed by atoms with Crippen molar-refractivity contribution >= 4 is 17.5 Å². The Balaban J connectivity index is 1.82. The molecule has 1 atom stereocenters. The molecule has 2 aliphatic rings. The van der Waals surface area contributed by atoms with Crippen LogP contribution in [0.15, 0.2) is 18.2 Å². The Kier molecular flexibility index (Phi) is 4.58. The van der Waals surface area contributed by atoms with Gasteiger partial charge in [0.2, 0.25) is 0 Å². The number of rotatable bonds is 5. The number of amides is 2. The molecule has 1 N–H and O–H groups in total. The molecule has 0 spiro atoms. The number of carbonyl (C=O) groups is 2. The molecule has 2 heterocycles. The van der Waals surface area contributed by atoms with Crippen molar-refractivity contribution in [3.05, 3.63) is 29.3 Å². The van der Waals surface area contributed by atoms with E-state index >= 15 is 0 Å². The Morgan fingerprint density at radius 3 is 2.91 bits per heavy atom. The molecule has 23 heavy (non-hydrogen) atoms. The monoisotopic (exact) mass is 321 g/mol. The minimum atomic E-state index is -0.683. The van der Waals surface area contributed by atoms with Gasteiger partial charge in [0.1, 0.15) is 0 Å². The van der Waals surface area contributed by atoms with Crippen molar-refractivity contribution in [2.45, 2.75) is 12.6 Å². The van der Waals surface area contributed by atoms with Crippen molar-refractivity contribution in [3.8, 4) is 0 Å². The first-order valence-electron chi connectivity index (χ1n) is 7.42. The lowest BCUT2D eigenvalue weighted by atomic mass is 10.1. The first-order chi connectivity index (χ1) is 11.2. The molecule has 8 nitrogen and oxygen atoms in total. The molecule has 0 bridgehead atoms. The summed E-state index contributed by atoms with van der Waals surface area (Å²) in [4.78, 5) is 37.4. The number of nitrogens with zero attached hydrogens (tertiary/aromatic N) is 2. The van der Waals surface area contributed by atoms with Gasteiger partial charge in [-0.1, -0.05) is 11.3 Å². The highest BCUT2D eigenvalue weighted by Crippen LogP contribution is 2.32. The van der Waals surface area contributed by atoms with Crippen LogP contribution in [0.3, 0.4) is 0 Å². The molecule has 1 aromatic carbocycles. The fourth-order valence-corrected chi connectivity index (χ4v) is 2.71. The number of fused-ring (bicyclic) bond motifs is 1. The summed E-state index contributed by atoms with van der Waals surface area (Å²) in [5, 5.41) is 4.21. The van der Waals surface area contributed by atoms with Gasteiger partial charge in [-0.25, -0.2) is 9.74 Å². The van der Waals surface area contributed by atoms with Crippen molar-refractivity contribution in [2.75, 3.05) is 39.2 Å². The molecule has 1 fully saturated rings. The van der Waals surface area contributed by atoms with Gasteiger partial charge in [-0.15, -0.1) is 0 Å². The van der Waals surface area contributed by atoms with E-state index in [1.165, 1.54) is 5.23 Å². The molecule has 0 saturated carbocycles. The summed E-state index contributed by atoms with van der Waals surface area (Å²) in [5.74, 6) is -0.700. The summed E-state index contributed by atoms with van der Waals surface area (Å²) in [6.45, 7) is 1.16. The number of carbonyl (C=O) groups excluding carboxylic acids is 2. The molecule has 1 saturated heterocycles. The van der Waals surface area contributed by atoms with E-state index in [-0.39, 0.29) is 11.8 Å². The molecular weight excluding hydrogens is 302 g/mol. The number of benzene rings is 1. The average molecular weight is 321 g/mol. The van der Waals surface area contributed by atoms with Crippen LogP contribution in [-0.2, 0) is 14.4 Å². The van der Waals surface area contributed by atoms with Crippen molar-refractivity contribution < 1.29 is 24.0 Å². The first-order valence-corrected chi connectivity index (χ1v) is 7.42. The van der Waals surface area contributed by atoms with E-state index in [4.69, 9.17) is 14.4 Å². The maximum Gasteiger partial charge on any atom is 0.265 e. The number of ether oxygens (including phenoxy) is 1. The SMILES string of the molecule is CNc1cccc2c1C(=O)N(C1CCON(CCOC)O1)C2=O. The minimum Gasteiger partial charge on any atom is -0.387 e. The van der Waals surface area contributed by atoms with Gasteiger partial charge in [0.05, 0.1) is 30.9 Å². The number of hydrogen-bond donors (Lipinski definition) is 1. The maximum atomic E-state index is 12.7. The topological polar surface area (TPSA) is 80.3 Å². The van der Waals surface area contributed by atoms with Gasteiger partial charge < -0.3 is 10.1 Å². The lowest BCUT2D eigenvalue weighted by molar-refractivity contribution is -0.425. The van der Waals surface area contributed by atoms with Crippen LogP contribution in [-0.4, -0.2) is 62.1 Å². The van der Waals surface area contributed by atoms with Crippen molar-refractivity contribution in [1.82, 2.24) is 10.1 Å². The number of anilines is 1. The Morgan fingerprint density at radius 2 is 2.17 bits per heavy atom. The lowest BCUT2D eigenvalue weighted by Crippen LogP contribution is -2.49. The molecule has 124 valence electrons. The van der Waals surface area contributed by atoms with Gasteiger partial charge in [0.15, 0.2) is 6.23 Å². The van der Waals surface area contributed by atoms with Crippen molar-refractivity contribution in [3.63, 3.8) is 0 Å².